The van der Waals surface area contributed by atoms with E-state index in [-0.39, 0.29) is 5.91 Å². The van der Waals surface area contributed by atoms with Crippen LogP contribution in [0.3, 0.4) is 0 Å². The lowest BCUT2D eigenvalue weighted by Crippen LogP contribution is -2.28. The first kappa shape index (κ1) is 13.7. The number of rotatable bonds is 5. The second kappa shape index (κ2) is 6.45. The molecule has 1 aliphatic heterocycles. The van der Waals surface area contributed by atoms with Gasteiger partial charge in [-0.1, -0.05) is 0 Å². The first-order chi connectivity index (χ1) is 8.65. The van der Waals surface area contributed by atoms with Gasteiger partial charge in [-0.2, -0.15) is 0 Å². The standard InChI is InChI=1S/C12H18N2O2S2/c1-8-10(18-12(17)14-8)7-11(15)13-5-4-9-3-2-6-16-9/h9H,2-7H2,1H3,(H,13,15)(H,14,17). The van der Waals surface area contributed by atoms with Gasteiger partial charge in [0.2, 0.25) is 5.91 Å². The molecule has 1 aromatic heterocycles. The van der Waals surface area contributed by atoms with Crippen LogP contribution in [0.25, 0.3) is 0 Å². The van der Waals surface area contributed by atoms with Crippen molar-refractivity contribution in [1.29, 1.82) is 0 Å². The Kier molecular flexibility index (Phi) is 4.91. The quantitative estimate of drug-likeness (QED) is 0.817. The summed E-state index contributed by atoms with van der Waals surface area (Å²) in [4.78, 5) is 15.8. The van der Waals surface area contributed by atoms with Crippen molar-refractivity contribution < 1.29 is 9.53 Å². The molecule has 18 heavy (non-hydrogen) atoms. The Morgan fingerprint density at radius 1 is 1.67 bits per heavy atom. The van der Waals surface area contributed by atoms with E-state index in [0.29, 0.717) is 19.1 Å². The summed E-state index contributed by atoms with van der Waals surface area (Å²) in [6, 6.07) is 0. The van der Waals surface area contributed by atoms with Gasteiger partial charge in [0.05, 0.1) is 12.5 Å². The Balaban J connectivity index is 1.71. The summed E-state index contributed by atoms with van der Waals surface area (Å²) in [5.74, 6) is 0.0568. The molecule has 2 N–H and O–H groups in total. The predicted octanol–water partition coefficient (Wildman–Crippen LogP) is 2.34. The first-order valence-corrected chi connectivity index (χ1v) is 7.44. The smallest absolute Gasteiger partial charge is 0.225 e. The summed E-state index contributed by atoms with van der Waals surface area (Å²) in [5, 5.41) is 2.93. The summed E-state index contributed by atoms with van der Waals surface area (Å²) in [5.41, 5.74) is 0.999. The van der Waals surface area contributed by atoms with E-state index >= 15 is 0 Å². The van der Waals surface area contributed by atoms with Gasteiger partial charge < -0.3 is 15.0 Å². The highest BCUT2D eigenvalue weighted by Crippen LogP contribution is 2.16. The molecule has 6 heteroatoms. The molecule has 1 unspecified atom stereocenters. The lowest BCUT2D eigenvalue weighted by Gasteiger charge is -2.09. The molecule has 4 nitrogen and oxygen atoms in total. The summed E-state index contributed by atoms with van der Waals surface area (Å²) in [7, 11) is 0. The number of carbonyl (C=O) groups excluding carboxylic acids is 1. The summed E-state index contributed by atoms with van der Waals surface area (Å²) >= 11 is 6.52. The average Bonchev–Trinajstić information content (AvgIpc) is 2.90. The van der Waals surface area contributed by atoms with E-state index in [1.165, 1.54) is 11.3 Å². The topological polar surface area (TPSA) is 54.1 Å². The second-order valence-electron chi connectivity index (χ2n) is 4.51. The molecular formula is C12H18N2O2S2. The Labute approximate surface area is 116 Å². The molecule has 0 aliphatic carbocycles. The molecule has 1 aliphatic rings. The van der Waals surface area contributed by atoms with Crippen molar-refractivity contribution >= 4 is 29.5 Å². The van der Waals surface area contributed by atoms with E-state index in [4.69, 9.17) is 17.0 Å². The van der Waals surface area contributed by atoms with Crippen LogP contribution >= 0.6 is 23.6 Å². The van der Waals surface area contributed by atoms with E-state index in [9.17, 15) is 4.79 Å². The van der Waals surface area contributed by atoms with Crippen LogP contribution in [0.2, 0.25) is 0 Å². The molecule has 0 radical (unpaired) electrons. The SMILES string of the molecule is Cc1[nH]c(=S)sc1CC(=O)NCCC1CCCO1. The van der Waals surface area contributed by atoms with Gasteiger partial charge in [-0.05, 0) is 38.4 Å². The van der Waals surface area contributed by atoms with Crippen LogP contribution in [0.1, 0.15) is 29.8 Å². The van der Waals surface area contributed by atoms with Gasteiger partial charge in [-0.15, -0.1) is 11.3 Å². The third-order valence-corrected chi connectivity index (χ3v) is 4.39. The third-order valence-electron chi connectivity index (χ3n) is 3.06. The fourth-order valence-electron chi connectivity index (χ4n) is 2.06. The Morgan fingerprint density at radius 3 is 3.11 bits per heavy atom. The number of aromatic amines is 1. The molecule has 1 amide bonds. The highest BCUT2D eigenvalue weighted by molar-refractivity contribution is 7.73. The molecule has 2 rings (SSSR count). The van der Waals surface area contributed by atoms with Crippen LogP contribution in [0.5, 0.6) is 0 Å². The normalized spacial score (nSPS) is 19.1. The zero-order chi connectivity index (χ0) is 13.0. The fourth-order valence-corrected chi connectivity index (χ4v) is 3.35. The molecule has 0 bridgehead atoms. The minimum atomic E-state index is 0.0568. The third kappa shape index (κ3) is 3.90. The van der Waals surface area contributed by atoms with Gasteiger partial charge in [-0.25, -0.2) is 0 Å². The summed E-state index contributed by atoms with van der Waals surface area (Å²) in [6.07, 6.45) is 3.92. The highest BCUT2D eigenvalue weighted by Gasteiger charge is 2.15. The molecule has 0 saturated carbocycles. The molecule has 0 spiro atoms. The van der Waals surface area contributed by atoms with E-state index in [1.807, 2.05) is 6.92 Å². The van der Waals surface area contributed by atoms with Crippen molar-refractivity contribution in [1.82, 2.24) is 10.3 Å². The molecular weight excluding hydrogens is 268 g/mol. The summed E-state index contributed by atoms with van der Waals surface area (Å²) < 4.78 is 6.24. The number of nitrogens with one attached hydrogen (secondary N) is 2. The number of aryl methyl sites for hydroxylation is 1. The van der Waals surface area contributed by atoms with Crippen LogP contribution in [0.4, 0.5) is 0 Å². The Bertz CT molecular complexity index is 461. The minimum absolute atomic E-state index is 0.0568. The minimum Gasteiger partial charge on any atom is -0.378 e. The second-order valence-corrected chi connectivity index (χ2v) is 6.28. The van der Waals surface area contributed by atoms with Crippen molar-refractivity contribution in [2.75, 3.05) is 13.2 Å². The van der Waals surface area contributed by atoms with Crippen molar-refractivity contribution in [3.05, 3.63) is 14.5 Å². The maximum absolute atomic E-state index is 11.8. The van der Waals surface area contributed by atoms with Crippen LogP contribution in [-0.4, -0.2) is 30.1 Å². The number of ether oxygens (including phenoxy) is 1. The van der Waals surface area contributed by atoms with Crippen LogP contribution in [-0.2, 0) is 16.0 Å². The van der Waals surface area contributed by atoms with Crippen molar-refractivity contribution in [2.24, 2.45) is 0 Å². The van der Waals surface area contributed by atoms with Gasteiger partial charge in [-0.3, -0.25) is 4.79 Å². The summed E-state index contributed by atoms with van der Waals surface area (Å²) in [6.45, 7) is 3.50. The maximum atomic E-state index is 11.8. The van der Waals surface area contributed by atoms with Gasteiger partial charge in [0.1, 0.15) is 0 Å². The van der Waals surface area contributed by atoms with Crippen molar-refractivity contribution in [3.8, 4) is 0 Å². The first-order valence-electron chi connectivity index (χ1n) is 6.22. The van der Waals surface area contributed by atoms with Gasteiger partial charge >= 0.3 is 0 Å². The zero-order valence-electron chi connectivity index (χ0n) is 10.5. The predicted molar refractivity (Wildman–Crippen MR) is 74.5 cm³/mol. The molecule has 2 heterocycles. The molecule has 0 aromatic carbocycles. The lowest BCUT2D eigenvalue weighted by molar-refractivity contribution is -0.120. The number of H-pyrrole nitrogens is 1. The van der Waals surface area contributed by atoms with E-state index < -0.39 is 0 Å². The average molecular weight is 286 g/mol. The fraction of sp³-hybridized carbons (Fsp3) is 0.667. The lowest BCUT2D eigenvalue weighted by atomic mass is 10.2. The van der Waals surface area contributed by atoms with E-state index in [0.717, 1.165) is 40.4 Å². The number of carbonyl (C=O) groups is 1. The molecule has 1 aromatic rings. The zero-order valence-corrected chi connectivity index (χ0v) is 12.1. The van der Waals surface area contributed by atoms with Crippen LogP contribution in [0.15, 0.2) is 0 Å². The molecule has 100 valence electrons. The van der Waals surface area contributed by atoms with Gasteiger partial charge in [0.15, 0.2) is 3.95 Å². The van der Waals surface area contributed by atoms with Crippen molar-refractivity contribution in [2.45, 2.75) is 38.7 Å². The van der Waals surface area contributed by atoms with Crippen molar-refractivity contribution in [3.63, 3.8) is 0 Å². The largest absolute Gasteiger partial charge is 0.378 e. The van der Waals surface area contributed by atoms with E-state index in [2.05, 4.69) is 10.3 Å². The number of amides is 1. The number of thiazole rings is 1. The van der Waals surface area contributed by atoms with E-state index in [1.54, 1.807) is 0 Å². The number of hydrogen-bond acceptors (Lipinski definition) is 4. The molecule has 1 atom stereocenters. The Morgan fingerprint density at radius 2 is 2.50 bits per heavy atom. The van der Waals surface area contributed by atoms with Gasteiger partial charge in [0.25, 0.3) is 0 Å². The molecule has 1 fully saturated rings. The van der Waals surface area contributed by atoms with Crippen LogP contribution < -0.4 is 5.32 Å². The van der Waals surface area contributed by atoms with Gasteiger partial charge in [0, 0.05) is 23.7 Å². The number of hydrogen-bond donors (Lipinski definition) is 2. The maximum Gasteiger partial charge on any atom is 0.225 e. The Hall–Kier alpha value is -0.720. The van der Waals surface area contributed by atoms with Crippen LogP contribution in [0, 0.1) is 10.9 Å². The monoisotopic (exact) mass is 286 g/mol. The number of aromatic nitrogens is 1. The highest BCUT2D eigenvalue weighted by atomic mass is 32.1. The molecule has 1 saturated heterocycles.